The van der Waals surface area contributed by atoms with Crippen LogP contribution in [0.3, 0.4) is 0 Å². The fourth-order valence-corrected chi connectivity index (χ4v) is 3.93. The topological polar surface area (TPSA) is 24.9 Å². The highest BCUT2D eigenvalue weighted by atomic mass is 32.1. The van der Waals surface area contributed by atoms with Gasteiger partial charge in [0.05, 0.1) is 5.69 Å². The number of hydrogen-bond donors (Lipinski definition) is 1. The Morgan fingerprint density at radius 3 is 3.05 bits per heavy atom. The predicted octanol–water partition coefficient (Wildman–Crippen LogP) is 4.33. The van der Waals surface area contributed by atoms with E-state index in [0.717, 1.165) is 42.9 Å². The van der Waals surface area contributed by atoms with Gasteiger partial charge in [-0.2, -0.15) is 0 Å². The summed E-state index contributed by atoms with van der Waals surface area (Å²) in [7, 11) is 0. The summed E-state index contributed by atoms with van der Waals surface area (Å²) in [6.45, 7) is 3.20. The van der Waals surface area contributed by atoms with Crippen LogP contribution in [-0.4, -0.2) is 11.5 Å². The van der Waals surface area contributed by atoms with Crippen LogP contribution < -0.4 is 5.32 Å². The molecular weight excluding hydrogens is 271 g/mol. The first kappa shape index (κ1) is 13.7. The van der Waals surface area contributed by atoms with Gasteiger partial charge < -0.3 is 5.32 Å². The Hall–Kier alpha value is -1.26. The van der Waals surface area contributed by atoms with E-state index >= 15 is 0 Å². The molecule has 20 heavy (non-hydrogen) atoms. The second kappa shape index (κ2) is 6.02. The maximum Gasteiger partial charge on any atom is 0.133 e. The Bertz CT molecular complexity index is 594. The monoisotopic (exact) mass is 290 g/mol. The SMILES string of the molecule is CCCNC1CCCc2nc(-c3ccccc3F)sc21. The van der Waals surface area contributed by atoms with Gasteiger partial charge in [-0.1, -0.05) is 19.1 Å². The maximum absolute atomic E-state index is 13.9. The summed E-state index contributed by atoms with van der Waals surface area (Å²) < 4.78 is 13.9. The number of aryl methyl sites for hydroxylation is 1. The average molecular weight is 290 g/mol. The number of aromatic nitrogens is 1. The van der Waals surface area contributed by atoms with E-state index in [-0.39, 0.29) is 5.82 Å². The molecule has 0 fully saturated rings. The van der Waals surface area contributed by atoms with Crippen LogP contribution in [0.5, 0.6) is 0 Å². The standard InChI is InChI=1S/C16H19FN2S/c1-2-10-18-13-8-5-9-14-15(13)20-16(19-14)11-6-3-4-7-12(11)17/h3-4,6-7,13,18H,2,5,8-10H2,1H3. The number of nitrogens with zero attached hydrogens (tertiary/aromatic N) is 1. The first-order chi connectivity index (χ1) is 9.79. The zero-order valence-electron chi connectivity index (χ0n) is 11.7. The summed E-state index contributed by atoms with van der Waals surface area (Å²) in [6.07, 6.45) is 4.47. The zero-order chi connectivity index (χ0) is 13.9. The molecule has 0 radical (unpaired) electrons. The minimum Gasteiger partial charge on any atom is -0.309 e. The third-order valence-corrected chi connectivity index (χ3v) is 4.94. The third-order valence-electron chi connectivity index (χ3n) is 3.70. The molecule has 0 bridgehead atoms. The second-order valence-electron chi connectivity index (χ2n) is 5.21. The smallest absolute Gasteiger partial charge is 0.133 e. The van der Waals surface area contributed by atoms with Crippen molar-refractivity contribution in [1.82, 2.24) is 10.3 Å². The van der Waals surface area contributed by atoms with Gasteiger partial charge in [-0.05, 0) is 44.4 Å². The Morgan fingerprint density at radius 2 is 2.25 bits per heavy atom. The van der Waals surface area contributed by atoms with Crippen molar-refractivity contribution < 1.29 is 4.39 Å². The van der Waals surface area contributed by atoms with Gasteiger partial charge in [0.2, 0.25) is 0 Å². The fraction of sp³-hybridized carbons (Fsp3) is 0.438. The summed E-state index contributed by atoms with van der Waals surface area (Å²) in [5.41, 5.74) is 1.79. The zero-order valence-corrected chi connectivity index (χ0v) is 12.5. The molecule has 0 spiro atoms. The number of rotatable bonds is 4. The van der Waals surface area contributed by atoms with E-state index in [4.69, 9.17) is 0 Å². The first-order valence-corrected chi connectivity index (χ1v) is 8.09. The molecule has 106 valence electrons. The molecule has 0 amide bonds. The summed E-state index contributed by atoms with van der Waals surface area (Å²) in [5, 5.41) is 4.40. The molecule has 1 atom stereocenters. The second-order valence-corrected chi connectivity index (χ2v) is 6.24. The van der Waals surface area contributed by atoms with Crippen molar-refractivity contribution in [2.75, 3.05) is 6.54 Å². The van der Waals surface area contributed by atoms with E-state index in [1.54, 1.807) is 17.4 Å². The van der Waals surface area contributed by atoms with Crippen molar-refractivity contribution in [3.63, 3.8) is 0 Å². The highest BCUT2D eigenvalue weighted by Crippen LogP contribution is 2.38. The molecule has 4 heteroatoms. The Morgan fingerprint density at radius 1 is 1.40 bits per heavy atom. The van der Waals surface area contributed by atoms with Crippen molar-refractivity contribution in [1.29, 1.82) is 0 Å². The van der Waals surface area contributed by atoms with Crippen LogP contribution in [-0.2, 0) is 6.42 Å². The van der Waals surface area contributed by atoms with Crippen LogP contribution in [0.4, 0.5) is 4.39 Å². The minimum atomic E-state index is -0.184. The molecule has 1 N–H and O–H groups in total. The van der Waals surface area contributed by atoms with Crippen LogP contribution in [0.15, 0.2) is 24.3 Å². The molecular formula is C16H19FN2S. The largest absolute Gasteiger partial charge is 0.309 e. The lowest BCUT2D eigenvalue weighted by molar-refractivity contribution is 0.465. The van der Waals surface area contributed by atoms with Gasteiger partial charge in [-0.15, -0.1) is 11.3 Å². The molecule has 1 unspecified atom stereocenters. The number of thiazole rings is 1. The lowest BCUT2D eigenvalue weighted by Gasteiger charge is -2.22. The molecule has 1 aromatic carbocycles. The summed E-state index contributed by atoms with van der Waals surface area (Å²) in [6, 6.07) is 7.30. The van der Waals surface area contributed by atoms with Gasteiger partial charge in [0.15, 0.2) is 0 Å². The predicted molar refractivity (Wildman–Crippen MR) is 81.5 cm³/mol. The van der Waals surface area contributed by atoms with Gasteiger partial charge in [0.25, 0.3) is 0 Å². The van der Waals surface area contributed by atoms with Gasteiger partial charge in [0.1, 0.15) is 10.8 Å². The van der Waals surface area contributed by atoms with E-state index in [9.17, 15) is 4.39 Å². The molecule has 0 aliphatic heterocycles. The summed E-state index contributed by atoms with van der Waals surface area (Å²) in [4.78, 5) is 5.99. The van der Waals surface area contributed by atoms with Crippen molar-refractivity contribution in [2.24, 2.45) is 0 Å². The quantitative estimate of drug-likeness (QED) is 0.906. The molecule has 2 aromatic rings. The summed E-state index contributed by atoms with van der Waals surface area (Å²) >= 11 is 1.65. The maximum atomic E-state index is 13.9. The first-order valence-electron chi connectivity index (χ1n) is 7.27. The molecule has 1 heterocycles. The lowest BCUT2D eigenvalue weighted by atomic mass is 9.98. The van der Waals surface area contributed by atoms with Gasteiger partial charge >= 0.3 is 0 Å². The number of hydrogen-bond acceptors (Lipinski definition) is 3. The number of nitrogens with one attached hydrogen (secondary N) is 1. The number of benzene rings is 1. The van der Waals surface area contributed by atoms with Crippen molar-refractivity contribution >= 4 is 11.3 Å². The number of fused-ring (bicyclic) bond motifs is 1. The van der Waals surface area contributed by atoms with Gasteiger partial charge in [-0.3, -0.25) is 0 Å². The number of halogens is 1. The molecule has 1 aromatic heterocycles. The van der Waals surface area contributed by atoms with E-state index in [1.807, 2.05) is 12.1 Å². The van der Waals surface area contributed by atoms with Crippen molar-refractivity contribution in [2.45, 2.75) is 38.6 Å². The van der Waals surface area contributed by atoms with Crippen molar-refractivity contribution in [3.05, 3.63) is 40.7 Å². The molecule has 0 saturated carbocycles. The Balaban J connectivity index is 1.93. The van der Waals surface area contributed by atoms with Crippen molar-refractivity contribution in [3.8, 4) is 10.6 Å². The third kappa shape index (κ3) is 2.63. The average Bonchev–Trinajstić information content (AvgIpc) is 2.89. The highest BCUT2D eigenvalue weighted by Gasteiger charge is 2.25. The van der Waals surface area contributed by atoms with Gasteiger partial charge in [0, 0.05) is 16.5 Å². The Labute approximate surface area is 123 Å². The van der Waals surface area contributed by atoms with Crippen LogP contribution in [0.1, 0.15) is 42.8 Å². The molecule has 2 nitrogen and oxygen atoms in total. The molecule has 0 saturated heterocycles. The van der Waals surface area contributed by atoms with E-state index in [1.165, 1.54) is 10.9 Å². The lowest BCUT2D eigenvalue weighted by Crippen LogP contribution is -2.24. The fourth-order valence-electron chi connectivity index (χ4n) is 2.68. The van der Waals surface area contributed by atoms with Crippen LogP contribution in [0.2, 0.25) is 0 Å². The highest BCUT2D eigenvalue weighted by molar-refractivity contribution is 7.15. The van der Waals surface area contributed by atoms with E-state index in [0.29, 0.717) is 11.6 Å². The molecule has 1 aliphatic rings. The normalized spacial score (nSPS) is 18.0. The van der Waals surface area contributed by atoms with E-state index in [2.05, 4.69) is 17.2 Å². The van der Waals surface area contributed by atoms with E-state index < -0.39 is 0 Å². The van der Waals surface area contributed by atoms with Crippen LogP contribution in [0.25, 0.3) is 10.6 Å². The van der Waals surface area contributed by atoms with Crippen LogP contribution in [0, 0.1) is 5.82 Å². The van der Waals surface area contributed by atoms with Crippen LogP contribution >= 0.6 is 11.3 Å². The summed E-state index contributed by atoms with van der Waals surface area (Å²) in [5.74, 6) is -0.184. The Kier molecular flexibility index (Phi) is 4.13. The molecule has 3 rings (SSSR count). The minimum absolute atomic E-state index is 0.184. The van der Waals surface area contributed by atoms with Gasteiger partial charge in [-0.25, -0.2) is 9.37 Å². The molecule has 1 aliphatic carbocycles.